The molecule has 2 unspecified atom stereocenters. The third kappa shape index (κ3) is 6.55. The number of rotatable bonds is 2. The van der Waals surface area contributed by atoms with Gasteiger partial charge in [-0.2, -0.15) is 21.8 Å². The molecular formula is C76H57BN2O4S2. The molecule has 19 rings (SSSR count). The monoisotopic (exact) mass is 1140 g/mol. The Morgan fingerprint density at radius 1 is 0.424 bits per heavy atom. The average molecular weight is 1140 g/mol. The number of fused-ring (bicyclic) bond motifs is 22. The molecule has 6 nitrogen and oxygen atoms in total. The second-order valence-corrected chi connectivity index (χ2v) is 31.6. The molecule has 0 amide bonds. The van der Waals surface area contributed by atoms with Crippen molar-refractivity contribution < 1.29 is 17.7 Å². The molecule has 0 saturated carbocycles. The van der Waals surface area contributed by atoms with Gasteiger partial charge in [-0.25, -0.2) is 0 Å². The maximum absolute atomic E-state index is 7.63. The van der Waals surface area contributed by atoms with Crippen molar-refractivity contribution in [3.05, 3.63) is 233 Å². The molecule has 85 heavy (non-hydrogen) atoms. The predicted octanol–water partition coefficient (Wildman–Crippen LogP) is 19.6. The summed E-state index contributed by atoms with van der Waals surface area (Å²) in [5.41, 5.74) is 23.2. The van der Waals surface area contributed by atoms with Crippen LogP contribution in [0.3, 0.4) is 0 Å². The van der Waals surface area contributed by atoms with Crippen LogP contribution in [-0.2, 0) is 14.9 Å². The summed E-state index contributed by atoms with van der Waals surface area (Å²) in [6.07, 6.45) is 4.95. The number of furan rings is 4. The van der Waals surface area contributed by atoms with E-state index < -0.39 is 28.5 Å². The lowest BCUT2D eigenvalue weighted by Crippen LogP contribution is -2.60. The van der Waals surface area contributed by atoms with Crippen molar-refractivity contribution in [2.24, 2.45) is 0 Å². The Balaban J connectivity index is 0.953. The second-order valence-electron chi connectivity index (χ2n) is 26.1. The Labute approximate surface area is 498 Å². The first-order chi connectivity index (χ1) is 41.2. The van der Waals surface area contributed by atoms with E-state index in [-0.39, 0.29) is 14.9 Å². The zero-order valence-corrected chi connectivity index (χ0v) is 49.9. The lowest BCUT2D eigenvalue weighted by molar-refractivity contribution is 0.590. The Morgan fingerprint density at radius 3 is 1.32 bits per heavy atom. The predicted molar refractivity (Wildman–Crippen MR) is 358 cm³/mol. The first kappa shape index (κ1) is 48.4. The number of hydrogen-bond donors (Lipinski definition) is 2. The van der Waals surface area contributed by atoms with Crippen LogP contribution in [0.25, 0.3) is 88.5 Å². The summed E-state index contributed by atoms with van der Waals surface area (Å²) in [5, 5.41) is 4.32. The van der Waals surface area contributed by atoms with E-state index in [9.17, 15) is 0 Å². The van der Waals surface area contributed by atoms with Gasteiger partial charge in [0.05, 0.1) is 11.4 Å². The van der Waals surface area contributed by atoms with Crippen LogP contribution in [-0.4, -0.2) is 6.71 Å². The van der Waals surface area contributed by atoms with Crippen LogP contribution >= 0.6 is 21.8 Å². The van der Waals surface area contributed by atoms with Crippen LogP contribution in [0.5, 0.6) is 0 Å². The van der Waals surface area contributed by atoms with Gasteiger partial charge in [0.2, 0.25) is 0 Å². The lowest BCUT2D eigenvalue weighted by atomic mass is 9.37. The fraction of sp³-hybridized carbons (Fsp3) is 0.132. The van der Waals surface area contributed by atoms with Gasteiger partial charge in [-0.15, -0.1) is 0 Å². The van der Waals surface area contributed by atoms with E-state index in [4.69, 9.17) is 17.7 Å². The molecule has 13 aromatic rings. The quantitative estimate of drug-likeness (QED) is 0.133. The molecule has 9 heteroatoms. The van der Waals surface area contributed by atoms with Crippen molar-refractivity contribution in [2.45, 2.75) is 73.2 Å². The van der Waals surface area contributed by atoms with Crippen molar-refractivity contribution >= 4 is 145 Å². The number of thiol groups is 2. The minimum atomic E-state index is -0.922. The molecule has 9 aromatic carbocycles. The lowest BCUT2D eigenvalue weighted by Gasteiger charge is -2.42. The zero-order chi connectivity index (χ0) is 56.7. The van der Waals surface area contributed by atoms with Crippen LogP contribution in [0.1, 0.15) is 87.4 Å². The van der Waals surface area contributed by atoms with Crippen molar-refractivity contribution in [1.82, 2.24) is 0 Å². The fourth-order valence-corrected chi connectivity index (χ4v) is 21.5. The summed E-state index contributed by atoms with van der Waals surface area (Å²) in [7, 11) is -1.84. The van der Waals surface area contributed by atoms with Gasteiger partial charge in [-0.05, 0) is 209 Å². The normalized spacial score (nSPS) is 18.7. The SMILES string of the molecule is CC(C)(C)c1cc2c3c(c1)N1c4cc(cc(-c5cc6ccccc6o5)c4)C4=Cc5ccccc5[SH]4C(C)(C)c4ccc5oc(c1c5c4)B3c1oc3ccc4cc3c1N2c1cc(cc(-c2cc3ccccc3o2)c1)C1=Cc2ccccc2[SH]1C4(C)C. The first-order valence-electron chi connectivity index (χ1n) is 29.6. The summed E-state index contributed by atoms with van der Waals surface area (Å²) >= 11 is 0. The highest BCUT2D eigenvalue weighted by atomic mass is 32.2. The van der Waals surface area contributed by atoms with E-state index >= 15 is 0 Å². The van der Waals surface area contributed by atoms with Gasteiger partial charge in [0.1, 0.15) is 45.2 Å². The summed E-state index contributed by atoms with van der Waals surface area (Å²) in [4.78, 5) is 10.6. The second kappa shape index (κ2) is 16.4. The molecule has 8 bridgehead atoms. The summed E-state index contributed by atoms with van der Waals surface area (Å²) < 4.78 is 28.5. The number of para-hydroxylation sites is 2. The van der Waals surface area contributed by atoms with Gasteiger partial charge >= 0.3 is 6.71 Å². The molecule has 0 aliphatic carbocycles. The number of anilines is 6. The first-order valence-corrected chi connectivity index (χ1v) is 32.3. The molecule has 10 heterocycles. The van der Waals surface area contributed by atoms with Crippen LogP contribution in [0, 0.1) is 0 Å². The standard InChI is InChI=1S/C76H57BN2O4S2/c1-74(2,3)52-40-57-69-58(41-52)79-54-31-47(64-35-43-17-9-13-21-60(43)81-64)29-49(33-54)68-37-45-19-11-15-23-66(45)85(68)76(6,7)51-25-27-62-56(39-51)71(79)73(83-62)77(69)72-70-55-38-50(24-26-61(55)82-72)75(4,5)84-65-22-14-10-18-44(65)36-67(84)48-28-46(30-53(32-48)78(57)70)63-34-42-16-8-12-20-59(42)80-63/h8-41,84-85H,1-7H3. The van der Waals surface area contributed by atoms with E-state index in [0.29, 0.717) is 0 Å². The van der Waals surface area contributed by atoms with E-state index in [0.717, 1.165) is 117 Å². The Bertz CT molecular complexity index is 4870. The third-order valence-corrected chi connectivity index (χ3v) is 25.7. The molecule has 4 aromatic heterocycles. The number of hydrogen-bond acceptors (Lipinski definition) is 6. The maximum atomic E-state index is 7.63. The van der Waals surface area contributed by atoms with Crippen LogP contribution < -0.4 is 26.6 Å². The molecule has 0 N–H and O–H groups in total. The Kier molecular flexibility index (Phi) is 9.36. The number of nitrogens with zero attached hydrogens (tertiary/aromatic N) is 2. The molecule has 0 saturated heterocycles. The number of benzene rings is 9. The van der Waals surface area contributed by atoms with Crippen LogP contribution in [0.2, 0.25) is 0 Å². The van der Waals surface area contributed by atoms with E-state index in [1.165, 1.54) is 58.5 Å². The highest BCUT2D eigenvalue weighted by Crippen LogP contribution is 2.69. The van der Waals surface area contributed by atoms with E-state index in [2.05, 4.69) is 265 Å². The van der Waals surface area contributed by atoms with Gasteiger partial charge in [-0.1, -0.05) is 106 Å². The average Bonchev–Trinajstić information content (AvgIpc) is 1.66. The molecule has 6 aliphatic heterocycles. The molecule has 0 spiro atoms. The van der Waals surface area contributed by atoms with Gasteiger partial charge in [0.25, 0.3) is 0 Å². The van der Waals surface area contributed by atoms with Gasteiger partial charge in [0.15, 0.2) is 0 Å². The molecule has 410 valence electrons. The molecular weight excluding hydrogens is 1080 g/mol. The van der Waals surface area contributed by atoms with Crippen molar-refractivity contribution in [2.75, 3.05) is 9.80 Å². The molecule has 2 atom stereocenters. The summed E-state index contributed by atoms with van der Waals surface area (Å²) in [5.74, 6) is 1.67. The summed E-state index contributed by atoms with van der Waals surface area (Å²) in [6, 6.07) is 72.8. The van der Waals surface area contributed by atoms with E-state index in [1.807, 2.05) is 0 Å². The Morgan fingerprint density at radius 2 is 0.859 bits per heavy atom. The van der Waals surface area contributed by atoms with Crippen molar-refractivity contribution in [3.8, 4) is 22.6 Å². The minimum absolute atomic E-state index is 0.273. The van der Waals surface area contributed by atoms with Gasteiger partial charge in [-0.3, -0.25) is 0 Å². The molecule has 0 fully saturated rings. The van der Waals surface area contributed by atoms with Crippen molar-refractivity contribution in [1.29, 1.82) is 0 Å². The van der Waals surface area contributed by atoms with E-state index in [1.54, 1.807) is 0 Å². The van der Waals surface area contributed by atoms with Crippen molar-refractivity contribution in [3.63, 3.8) is 0 Å². The largest absolute Gasteiger partial charge is 0.468 e. The molecule has 0 radical (unpaired) electrons. The van der Waals surface area contributed by atoms with Gasteiger partial charge in [0, 0.05) is 74.7 Å². The Hall–Kier alpha value is -9.02. The highest BCUT2D eigenvalue weighted by molar-refractivity contribution is 8.26. The molecule has 6 aliphatic rings. The van der Waals surface area contributed by atoms with Crippen LogP contribution in [0.15, 0.2) is 222 Å². The third-order valence-electron chi connectivity index (χ3n) is 19.4. The highest BCUT2D eigenvalue weighted by Gasteiger charge is 2.52. The summed E-state index contributed by atoms with van der Waals surface area (Å²) in [6.45, 7) is 16.5. The van der Waals surface area contributed by atoms with Crippen LogP contribution in [0.4, 0.5) is 34.1 Å². The topological polar surface area (TPSA) is 59.0 Å². The zero-order valence-electron chi connectivity index (χ0n) is 48.1. The van der Waals surface area contributed by atoms with Gasteiger partial charge < -0.3 is 27.5 Å². The smallest absolute Gasteiger partial charge is 0.342 e. The minimum Gasteiger partial charge on any atom is -0.468 e. The fourth-order valence-electron chi connectivity index (χ4n) is 15.2. The maximum Gasteiger partial charge on any atom is 0.342 e.